The second-order valence-corrected chi connectivity index (χ2v) is 8.41. The Bertz CT molecular complexity index is 1190. The van der Waals surface area contributed by atoms with Crippen molar-refractivity contribution in [3.05, 3.63) is 40.8 Å². The summed E-state index contributed by atoms with van der Waals surface area (Å²) in [7, 11) is 0. The van der Waals surface area contributed by atoms with E-state index < -0.39 is 5.82 Å². The highest BCUT2D eigenvalue weighted by Gasteiger charge is 2.27. The van der Waals surface area contributed by atoms with Crippen LogP contribution in [0.15, 0.2) is 29.3 Å². The number of nitrogens with one attached hydrogen (secondary N) is 3. The van der Waals surface area contributed by atoms with Gasteiger partial charge in [0.2, 0.25) is 0 Å². The predicted octanol–water partition coefficient (Wildman–Crippen LogP) is 2.15. The molecule has 10 nitrogen and oxygen atoms in total. The van der Waals surface area contributed by atoms with Gasteiger partial charge in [-0.05, 0) is 50.7 Å². The van der Waals surface area contributed by atoms with E-state index in [1.807, 2.05) is 4.90 Å². The van der Waals surface area contributed by atoms with Gasteiger partial charge in [0.15, 0.2) is 23.1 Å². The van der Waals surface area contributed by atoms with Crippen molar-refractivity contribution in [2.75, 3.05) is 18.4 Å². The van der Waals surface area contributed by atoms with Gasteiger partial charge in [0, 0.05) is 36.9 Å². The molecule has 0 bridgehead atoms. The number of carbonyl (C=O) groups excluding carboxylic acids is 1. The minimum absolute atomic E-state index is 0.00599. The fourth-order valence-electron chi connectivity index (χ4n) is 4.48. The summed E-state index contributed by atoms with van der Waals surface area (Å²) >= 11 is 0. The van der Waals surface area contributed by atoms with Gasteiger partial charge < -0.3 is 15.5 Å². The Morgan fingerprint density at radius 2 is 1.97 bits per heavy atom. The molecule has 1 saturated carbocycles. The summed E-state index contributed by atoms with van der Waals surface area (Å²) in [4.78, 5) is 34.6. The number of fused-ring (bicyclic) bond motifs is 1. The van der Waals surface area contributed by atoms with Gasteiger partial charge in [-0.15, -0.1) is 0 Å². The molecular weight excluding hydrogens is 415 g/mol. The van der Waals surface area contributed by atoms with Crippen LogP contribution in [-0.2, 0) is 0 Å². The number of carbonyl (C=O) groups is 1. The van der Waals surface area contributed by atoms with Crippen molar-refractivity contribution in [3.8, 4) is 11.4 Å². The second-order valence-electron chi connectivity index (χ2n) is 8.41. The fraction of sp³-hybridized carbons (Fsp3) is 0.476. The number of H-pyrrole nitrogens is 1. The molecule has 0 aromatic carbocycles. The number of anilines is 1. The minimum Gasteiger partial charge on any atom is -0.365 e. The Hall–Kier alpha value is -3.50. The predicted molar refractivity (Wildman–Crippen MR) is 116 cm³/mol. The first-order valence-corrected chi connectivity index (χ1v) is 11.0. The smallest absolute Gasteiger partial charge is 0.347 e. The molecule has 3 aromatic heterocycles. The number of halogens is 1. The first-order chi connectivity index (χ1) is 15.6. The lowest BCUT2D eigenvalue weighted by Crippen LogP contribution is -2.47. The number of pyridine rings is 1. The number of amides is 2. The number of hydrogen-bond donors (Lipinski definition) is 3. The number of aromatic nitrogens is 5. The van der Waals surface area contributed by atoms with E-state index in [9.17, 15) is 14.0 Å². The molecule has 2 amide bonds. The van der Waals surface area contributed by atoms with Crippen LogP contribution >= 0.6 is 0 Å². The van der Waals surface area contributed by atoms with Crippen LogP contribution in [0, 0.1) is 5.82 Å². The standard InChI is InChI=1S/C21H25FN8O2/c22-16-11-23-18(13-6-7-17-27-28-21(32)30(17)12-13)26-19(16)24-14-4-3-5-15(10-14)25-20(31)29-8-1-2-9-29/h6-7,11-12,14-15H,1-5,8-10H2,(H,25,31)(H,28,32)(H,23,24,26). The molecule has 3 aromatic rings. The van der Waals surface area contributed by atoms with Crippen molar-refractivity contribution < 1.29 is 9.18 Å². The molecule has 1 aliphatic carbocycles. The average Bonchev–Trinajstić information content (AvgIpc) is 3.46. The summed E-state index contributed by atoms with van der Waals surface area (Å²) in [5.74, 6) is -0.122. The first kappa shape index (κ1) is 20.4. The Kier molecular flexibility index (Phi) is 5.46. The second kappa shape index (κ2) is 8.56. The molecule has 1 aliphatic heterocycles. The van der Waals surface area contributed by atoms with Crippen LogP contribution in [0.3, 0.4) is 0 Å². The fourth-order valence-corrected chi connectivity index (χ4v) is 4.48. The van der Waals surface area contributed by atoms with E-state index in [1.54, 1.807) is 18.3 Å². The molecular formula is C21H25FN8O2. The third-order valence-electron chi connectivity index (χ3n) is 6.15. The Morgan fingerprint density at radius 3 is 2.81 bits per heavy atom. The van der Waals surface area contributed by atoms with E-state index in [0.29, 0.717) is 23.5 Å². The maximum absolute atomic E-state index is 14.5. The van der Waals surface area contributed by atoms with Crippen molar-refractivity contribution >= 4 is 17.5 Å². The SMILES string of the molecule is O=C(NC1CCCC(Nc2nc(-c3ccc4n[nH]c(=O)n4c3)ncc2F)C1)N1CCCC1. The molecule has 0 radical (unpaired) electrons. The maximum atomic E-state index is 14.5. The number of nitrogens with zero attached hydrogens (tertiary/aromatic N) is 5. The van der Waals surface area contributed by atoms with Crippen LogP contribution in [0.2, 0.25) is 0 Å². The van der Waals surface area contributed by atoms with Crippen molar-refractivity contribution in [2.45, 2.75) is 50.6 Å². The summed E-state index contributed by atoms with van der Waals surface area (Å²) in [5.41, 5.74) is 0.679. The van der Waals surface area contributed by atoms with Gasteiger partial charge in [0.05, 0.1) is 6.20 Å². The van der Waals surface area contributed by atoms with Gasteiger partial charge in [0.1, 0.15) is 0 Å². The molecule has 4 heterocycles. The van der Waals surface area contributed by atoms with Crippen LogP contribution in [0.25, 0.3) is 17.0 Å². The third-order valence-corrected chi connectivity index (χ3v) is 6.15. The Morgan fingerprint density at radius 1 is 1.16 bits per heavy atom. The summed E-state index contributed by atoms with van der Waals surface area (Å²) in [6, 6.07) is 3.44. The van der Waals surface area contributed by atoms with E-state index >= 15 is 0 Å². The highest BCUT2D eigenvalue weighted by atomic mass is 19.1. The van der Waals surface area contributed by atoms with Crippen LogP contribution in [0.5, 0.6) is 0 Å². The summed E-state index contributed by atoms with van der Waals surface area (Å²) < 4.78 is 15.8. The molecule has 2 unspecified atom stereocenters. The van der Waals surface area contributed by atoms with E-state index in [2.05, 4.69) is 30.8 Å². The summed E-state index contributed by atoms with van der Waals surface area (Å²) in [5, 5.41) is 12.6. The molecule has 5 rings (SSSR count). The number of hydrogen-bond acceptors (Lipinski definition) is 6. The van der Waals surface area contributed by atoms with Crippen molar-refractivity contribution in [1.82, 2.24) is 34.8 Å². The summed E-state index contributed by atoms with van der Waals surface area (Å²) in [6.07, 6.45) is 8.22. The zero-order valence-electron chi connectivity index (χ0n) is 17.6. The zero-order chi connectivity index (χ0) is 22.1. The van der Waals surface area contributed by atoms with Gasteiger partial charge in [-0.1, -0.05) is 0 Å². The monoisotopic (exact) mass is 440 g/mol. The van der Waals surface area contributed by atoms with Crippen LogP contribution in [0.4, 0.5) is 15.0 Å². The van der Waals surface area contributed by atoms with Gasteiger partial charge in [-0.3, -0.25) is 0 Å². The number of likely N-dealkylation sites (tertiary alicyclic amines) is 1. The molecule has 3 N–H and O–H groups in total. The maximum Gasteiger partial charge on any atom is 0.347 e. The molecule has 2 fully saturated rings. The van der Waals surface area contributed by atoms with Gasteiger partial charge in [-0.2, -0.15) is 5.10 Å². The average molecular weight is 440 g/mol. The molecule has 0 spiro atoms. The molecule has 2 aliphatic rings. The summed E-state index contributed by atoms with van der Waals surface area (Å²) in [6.45, 7) is 1.62. The minimum atomic E-state index is -0.543. The zero-order valence-corrected chi connectivity index (χ0v) is 17.6. The van der Waals surface area contributed by atoms with Gasteiger partial charge in [-0.25, -0.2) is 33.4 Å². The number of urea groups is 1. The lowest BCUT2D eigenvalue weighted by Gasteiger charge is -2.32. The number of aromatic amines is 1. The number of rotatable bonds is 4. The van der Waals surface area contributed by atoms with E-state index in [1.165, 1.54) is 4.40 Å². The van der Waals surface area contributed by atoms with Gasteiger partial charge >= 0.3 is 11.7 Å². The van der Waals surface area contributed by atoms with Crippen molar-refractivity contribution in [1.29, 1.82) is 0 Å². The van der Waals surface area contributed by atoms with Crippen molar-refractivity contribution in [3.63, 3.8) is 0 Å². The highest BCUT2D eigenvalue weighted by molar-refractivity contribution is 5.74. The molecule has 168 valence electrons. The largest absolute Gasteiger partial charge is 0.365 e. The molecule has 2 atom stereocenters. The van der Waals surface area contributed by atoms with Crippen LogP contribution in [-0.4, -0.2) is 60.7 Å². The van der Waals surface area contributed by atoms with Crippen LogP contribution < -0.4 is 16.3 Å². The molecule has 11 heteroatoms. The van der Waals surface area contributed by atoms with E-state index in [0.717, 1.165) is 51.4 Å². The van der Waals surface area contributed by atoms with E-state index in [-0.39, 0.29) is 29.6 Å². The first-order valence-electron chi connectivity index (χ1n) is 11.0. The topological polar surface area (TPSA) is 120 Å². The van der Waals surface area contributed by atoms with E-state index in [4.69, 9.17) is 0 Å². The lowest BCUT2D eigenvalue weighted by atomic mass is 9.91. The molecule has 1 saturated heterocycles. The lowest BCUT2D eigenvalue weighted by molar-refractivity contribution is 0.199. The van der Waals surface area contributed by atoms with Crippen molar-refractivity contribution in [2.24, 2.45) is 0 Å². The normalized spacial score (nSPS) is 21.1. The quantitative estimate of drug-likeness (QED) is 0.572. The Labute approximate surface area is 183 Å². The van der Waals surface area contributed by atoms with Crippen LogP contribution in [0.1, 0.15) is 38.5 Å². The molecule has 32 heavy (non-hydrogen) atoms. The third kappa shape index (κ3) is 4.14. The van der Waals surface area contributed by atoms with Gasteiger partial charge in [0.25, 0.3) is 0 Å². The highest BCUT2D eigenvalue weighted by Crippen LogP contribution is 2.25. The Balaban J connectivity index is 1.29.